The van der Waals surface area contributed by atoms with Gasteiger partial charge < -0.3 is 35.4 Å². The summed E-state index contributed by atoms with van der Waals surface area (Å²) in [6.45, 7) is 15.9. The van der Waals surface area contributed by atoms with Crippen LogP contribution in [0.4, 0.5) is 0 Å². The molecule has 1 rings (SSSR count). The molecule has 2 unspecified atom stereocenters. The summed E-state index contributed by atoms with van der Waals surface area (Å²) in [6.07, 6.45) is 0. The predicted molar refractivity (Wildman–Crippen MR) is 62.5 cm³/mol. The predicted octanol–water partition coefficient (Wildman–Crippen LogP) is -3.99. The topological polar surface area (TPSA) is 24.1 Å². The summed E-state index contributed by atoms with van der Waals surface area (Å²) >= 11 is 0. The van der Waals surface area contributed by atoms with Gasteiger partial charge in [0.15, 0.2) is 0 Å². The van der Waals surface area contributed by atoms with Crippen molar-refractivity contribution in [3.05, 3.63) is 0 Å². The Labute approximate surface area is 140 Å². The Hall–Kier alpha value is 1.44. The number of piperazine rings is 1. The fourth-order valence-corrected chi connectivity index (χ4v) is 1.89. The molecule has 1 saturated heterocycles. The Morgan fingerprint density at radius 3 is 1.06 bits per heavy atom. The van der Waals surface area contributed by atoms with Crippen molar-refractivity contribution in [3.8, 4) is 0 Å². The van der Waals surface area contributed by atoms with Gasteiger partial charge in [-0.15, -0.1) is 0 Å². The Bertz CT molecular complexity index is 170. The van der Waals surface area contributed by atoms with Crippen molar-refractivity contribution >= 4 is 0 Å². The van der Waals surface area contributed by atoms with E-state index in [-0.39, 0.29) is 52.5 Å². The van der Waals surface area contributed by atoms with Crippen molar-refractivity contribution in [2.24, 2.45) is 10.8 Å². The molecule has 0 aliphatic carbocycles. The Morgan fingerprint density at radius 2 is 0.941 bits per heavy atom. The maximum Gasteiger partial charge on any atom is 2.00 e. The summed E-state index contributed by atoms with van der Waals surface area (Å²) in [5.74, 6) is 0. The van der Waals surface area contributed by atoms with Crippen LogP contribution in [-0.4, -0.2) is 25.2 Å². The van der Waals surface area contributed by atoms with E-state index in [9.17, 15) is 0 Å². The monoisotopic (exact) mass is 470 g/mol. The van der Waals surface area contributed by atoms with Gasteiger partial charge >= 0.3 is 27.7 Å². The molecule has 0 aromatic heterocycles. The maximum atomic E-state index is 3.65. The first-order chi connectivity index (χ1) is 6.21. The standard InChI is InChI=1S/C12H26N2.2ClH.Hg/c1-11(2,3)9-7-14-10(8-13-9)12(4,5)6;;;/h9-10,13-14H,7-8H2,1-6H3;2*1H;/q;;;+2/p-2. The molecule has 0 radical (unpaired) electrons. The van der Waals surface area contributed by atoms with Gasteiger partial charge in [0.2, 0.25) is 0 Å². The van der Waals surface area contributed by atoms with Crippen molar-refractivity contribution in [1.82, 2.24) is 10.6 Å². The van der Waals surface area contributed by atoms with Crippen LogP contribution in [0.2, 0.25) is 0 Å². The van der Waals surface area contributed by atoms with Gasteiger partial charge in [-0.1, -0.05) is 41.5 Å². The van der Waals surface area contributed by atoms with Crippen LogP contribution < -0.4 is 35.4 Å². The molecule has 1 fully saturated rings. The van der Waals surface area contributed by atoms with Gasteiger partial charge in [0.25, 0.3) is 0 Å². The van der Waals surface area contributed by atoms with Gasteiger partial charge in [-0.25, -0.2) is 0 Å². The SMILES string of the molecule is CC(C)(C)C1CNC(C(C)(C)C)CN1.[Cl-].[Cl-].[Hg+2]. The Morgan fingerprint density at radius 1 is 0.706 bits per heavy atom. The Kier molecular flexibility index (Phi) is 11.9. The van der Waals surface area contributed by atoms with Crippen LogP contribution in [0.5, 0.6) is 0 Å². The van der Waals surface area contributed by atoms with E-state index in [1.165, 1.54) is 0 Å². The normalized spacial score (nSPS) is 25.1. The van der Waals surface area contributed by atoms with Crippen LogP contribution >= 0.6 is 0 Å². The Balaban J connectivity index is -0.000000653. The van der Waals surface area contributed by atoms with Gasteiger partial charge in [-0.05, 0) is 10.8 Å². The molecule has 1 aliphatic heterocycles. The number of nitrogens with one attached hydrogen (secondary N) is 2. The summed E-state index contributed by atoms with van der Waals surface area (Å²) in [5.41, 5.74) is 0.714. The molecule has 2 nitrogen and oxygen atoms in total. The van der Waals surface area contributed by atoms with Crippen molar-refractivity contribution in [1.29, 1.82) is 0 Å². The first kappa shape index (κ1) is 23.5. The summed E-state index contributed by atoms with van der Waals surface area (Å²) < 4.78 is 0. The maximum absolute atomic E-state index is 3.65. The molecule has 0 aromatic rings. The van der Waals surface area contributed by atoms with Crippen LogP contribution in [0, 0.1) is 10.8 Å². The third-order valence-electron chi connectivity index (χ3n) is 3.23. The molecular formula is C12H26Cl2HgN2. The van der Waals surface area contributed by atoms with Crippen molar-refractivity contribution in [3.63, 3.8) is 0 Å². The first-order valence-electron chi connectivity index (χ1n) is 5.68. The molecule has 17 heavy (non-hydrogen) atoms. The molecule has 1 heterocycles. The zero-order chi connectivity index (χ0) is 11.0. The van der Waals surface area contributed by atoms with Crippen LogP contribution in [-0.2, 0) is 27.7 Å². The summed E-state index contributed by atoms with van der Waals surface area (Å²) in [7, 11) is 0. The molecule has 2 N–H and O–H groups in total. The summed E-state index contributed by atoms with van der Waals surface area (Å²) in [6, 6.07) is 1.20. The number of hydrogen-bond acceptors (Lipinski definition) is 2. The van der Waals surface area contributed by atoms with Crippen LogP contribution in [0.15, 0.2) is 0 Å². The largest absolute Gasteiger partial charge is 2.00 e. The molecule has 100 valence electrons. The number of hydrogen-bond donors (Lipinski definition) is 2. The average molecular weight is 470 g/mol. The molecule has 2 atom stereocenters. The summed E-state index contributed by atoms with van der Waals surface area (Å²) in [5, 5.41) is 7.31. The van der Waals surface area contributed by atoms with E-state index in [1.807, 2.05) is 0 Å². The van der Waals surface area contributed by atoms with Crippen LogP contribution in [0.25, 0.3) is 0 Å². The summed E-state index contributed by atoms with van der Waals surface area (Å²) in [4.78, 5) is 0. The molecule has 0 spiro atoms. The molecule has 0 aromatic carbocycles. The molecular weight excluding hydrogens is 444 g/mol. The van der Waals surface area contributed by atoms with E-state index in [0.717, 1.165) is 13.1 Å². The second-order valence-electron chi connectivity index (χ2n) is 6.65. The minimum atomic E-state index is 0. The second kappa shape index (κ2) is 8.57. The van der Waals surface area contributed by atoms with E-state index >= 15 is 0 Å². The van der Waals surface area contributed by atoms with E-state index in [2.05, 4.69) is 52.2 Å². The van der Waals surface area contributed by atoms with Gasteiger partial charge in [-0.2, -0.15) is 0 Å². The van der Waals surface area contributed by atoms with Gasteiger partial charge in [0.1, 0.15) is 0 Å². The minimum Gasteiger partial charge on any atom is -1.00 e. The van der Waals surface area contributed by atoms with Gasteiger partial charge in [-0.3, -0.25) is 0 Å². The van der Waals surface area contributed by atoms with E-state index in [1.54, 1.807) is 0 Å². The molecule has 0 saturated carbocycles. The molecule has 0 bridgehead atoms. The van der Waals surface area contributed by atoms with Crippen LogP contribution in [0.1, 0.15) is 41.5 Å². The minimum absolute atomic E-state index is 0. The molecule has 5 heteroatoms. The third kappa shape index (κ3) is 7.56. The zero-order valence-electron chi connectivity index (χ0n) is 12.0. The number of rotatable bonds is 0. The molecule has 0 amide bonds. The van der Waals surface area contributed by atoms with Gasteiger partial charge in [0.05, 0.1) is 0 Å². The fraction of sp³-hybridized carbons (Fsp3) is 1.00. The zero-order valence-corrected chi connectivity index (χ0v) is 19.0. The average Bonchev–Trinajstić information content (AvgIpc) is 2.01. The third-order valence-corrected chi connectivity index (χ3v) is 3.23. The quantitative estimate of drug-likeness (QED) is 0.354. The smallest absolute Gasteiger partial charge is 1.00 e. The van der Waals surface area contributed by atoms with E-state index < -0.39 is 0 Å². The number of halogens is 2. The van der Waals surface area contributed by atoms with E-state index in [4.69, 9.17) is 0 Å². The van der Waals surface area contributed by atoms with E-state index in [0.29, 0.717) is 22.9 Å². The first-order valence-corrected chi connectivity index (χ1v) is 5.68. The van der Waals surface area contributed by atoms with Crippen molar-refractivity contribution in [2.45, 2.75) is 53.6 Å². The van der Waals surface area contributed by atoms with Crippen molar-refractivity contribution in [2.75, 3.05) is 13.1 Å². The fourth-order valence-electron chi connectivity index (χ4n) is 1.89. The van der Waals surface area contributed by atoms with Crippen molar-refractivity contribution < 1.29 is 52.5 Å². The molecule has 1 aliphatic rings. The van der Waals surface area contributed by atoms with Crippen LogP contribution in [0.3, 0.4) is 0 Å². The van der Waals surface area contributed by atoms with Gasteiger partial charge in [0, 0.05) is 25.2 Å². The second-order valence-corrected chi connectivity index (χ2v) is 6.65.